The molecule has 10 aliphatic rings. The van der Waals surface area contributed by atoms with Crippen molar-refractivity contribution in [3.63, 3.8) is 0 Å². The summed E-state index contributed by atoms with van der Waals surface area (Å²) in [7, 11) is 0. The fraction of sp³-hybridized carbons (Fsp3) is 0.130. The number of halogens is 8. The Hall–Kier alpha value is -7.54. The van der Waals surface area contributed by atoms with Gasteiger partial charge in [0.05, 0.1) is 23.3 Å². The molecule has 109 heavy (non-hydrogen) atoms. The maximum Gasteiger partial charge on any atom is 2.00 e. The van der Waals surface area contributed by atoms with E-state index in [1.807, 2.05) is 0 Å². The monoisotopic (exact) mass is 1960 g/mol. The molecule has 3 aromatic heterocycles. The summed E-state index contributed by atoms with van der Waals surface area (Å²) in [5, 5.41) is 3.64. The number of hydrogen-bond donors (Lipinski definition) is 0. The summed E-state index contributed by atoms with van der Waals surface area (Å²) < 4.78 is 8.54. The molecule has 0 atom stereocenters. The van der Waals surface area contributed by atoms with Crippen molar-refractivity contribution < 1.29 is 19.5 Å². The Kier molecular flexibility index (Phi) is 13.9. The van der Waals surface area contributed by atoms with E-state index < -0.39 is 0 Å². The van der Waals surface area contributed by atoms with E-state index in [2.05, 4.69) is 322 Å². The Morgan fingerprint density at radius 1 is 0.202 bits per heavy atom. The van der Waals surface area contributed by atoms with Crippen LogP contribution in [0.15, 0.2) is 230 Å². The van der Waals surface area contributed by atoms with Gasteiger partial charge >= 0.3 is 19.5 Å². The first kappa shape index (κ1) is 66.1. The van der Waals surface area contributed by atoms with Gasteiger partial charge in [0.25, 0.3) is 0 Å². The fourth-order valence-corrected chi connectivity index (χ4v) is 24.5. The number of benzene rings is 12. The number of aromatic nitrogens is 8. The fourth-order valence-electron chi connectivity index (χ4n) is 21.7. The van der Waals surface area contributed by atoms with Gasteiger partial charge in [0.1, 0.15) is 0 Å². The second kappa shape index (κ2) is 22.9. The molecular weight excluding hydrogens is 1920 g/mol. The van der Waals surface area contributed by atoms with Crippen molar-refractivity contribution in [3.8, 4) is 90.1 Å². The topological polar surface area (TPSA) is 106 Å². The van der Waals surface area contributed by atoms with Gasteiger partial charge in [-0.1, -0.05) is 176 Å². The summed E-state index contributed by atoms with van der Waals surface area (Å²) in [6.07, 6.45) is 6.40. The van der Waals surface area contributed by atoms with E-state index in [0.717, 1.165) is 131 Å². The molecule has 5 heterocycles. The van der Waals surface area contributed by atoms with Crippen LogP contribution >= 0.6 is 127 Å². The van der Waals surface area contributed by atoms with E-state index in [1.165, 1.54) is 134 Å². The van der Waals surface area contributed by atoms with Gasteiger partial charge in [-0.2, -0.15) is 0 Å². The Morgan fingerprint density at radius 3 is 0.541 bits per heavy atom. The number of fused-ring (bicyclic) bond motifs is 44. The van der Waals surface area contributed by atoms with Gasteiger partial charge in [0.2, 0.25) is 0 Å². The molecule has 0 saturated carbocycles. The van der Waals surface area contributed by atoms with Crippen molar-refractivity contribution in [2.24, 2.45) is 0 Å². The first-order chi connectivity index (χ1) is 52.5. The van der Waals surface area contributed by atoms with Crippen molar-refractivity contribution in [2.45, 2.75) is 73.0 Å². The molecule has 15 aromatic rings. The smallest absolute Gasteiger partial charge is 0.357 e. The molecular formula is C92H48Br8N8Zn. The molecule has 0 saturated heterocycles. The van der Waals surface area contributed by atoms with Crippen LogP contribution in [0.3, 0.4) is 0 Å². The van der Waals surface area contributed by atoms with Crippen LogP contribution in [0.4, 0.5) is 0 Å². The zero-order chi connectivity index (χ0) is 71.7. The summed E-state index contributed by atoms with van der Waals surface area (Å²) >= 11 is 31.4. The summed E-state index contributed by atoms with van der Waals surface area (Å²) in [5.41, 5.74) is 35.6. The largest absolute Gasteiger partial charge is 2.00 e. The van der Waals surface area contributed by atoms with Crippen LogP contribution in [0.2, 0.25) is 0 Å². The Labute approximate surface area is 705 Å². The van der Waals surface area contributed by atoms with E-state index in [4.69, 9.17) is 39.9 Å². The Bertz CT molecular complexity index is 6290. The molecule has 17 heteroatoms. The average Bonchev–Trinajstić information content (AvgIpc) is 1.55. The van der Waals surface area contributed by atoms with Crippen molar-refractivity contribution in [1.82, 2.24) is 39.9 Å². The standard InChI is InChI=1S/C92H48Br8N8.Zn/c93-49-1-9-57-58-10-2-50(94)26-74(58)89(73(57)25-49)33-41-17-65-66(18-42(41)34-89)82-101-81(65)105-83-67-19-43-35-90(75-27-51(95)3-11-59(75)60-12-4-52(96)28-76(60)90)37-45(43)21-69(67)85(102-83)107-87-71-23-47-39-92(79-31-55(99)7-15-63(79)64-16-8-56(100)32-80(64)92)40-48(47)24-72(71)88(104-87)108-86-70-22-46-38-91(36-44(46)20-68(70)84(103-86)106-82)77-29-53(97)5-13-61(77)62-14-6-54(98)30-78(62)91;/h1-32H,33-40H2;/q-2;+2. The minimum atomic E-state index is -0.315. The molecule has 514 valence electrons. The zero-order valence-corrected chi connectivity index (χ0v) is 73.1. The van der Waals surface area contributed by atoms with E-state index in [1.54, 1.807) is 0 Å². The third kappa shape index (κ3) is 9.03. The Balaban J connectivity index is 0.00000697. The van der Waals surface area contributed by atoms with Gasteiger partial charge < -0.3 is 29.9 Å². The molecule has 8 nitrogen and oxygen atoms in total. The molecule has 8 aliphatic carbocycles. The summed E-state index contributed by atoms with van der Waals surface area (Å²) in [6.45, 7) is 0. The molecule has 4 spiro atoms. The van der Waals surface area contributed by atoms with Crippen molar-refractivity contribution >= 4 is 172 Å². The quantitative estimate of drug-likeness (QED) is 0.138. The van der Waals surface area contributed by atoms with Crippen LogP contribution in [0, 0.1) is 0 Å². The number of nitrogens with zero attached hydrogens (tertiary/aromatic N) is 8. The molecule has 0 radical (unpaired) electrons. The third-order valence-electron chi connectivity index (χ3n) is 26.1. The van der Waals surface area contributed by atoms with Gasteiger partial charge in [-0.3, -0.25) is 0 Å². The van der Waals surface area contributed by atoms with Crippen molar-refractivity contribution in [2.75, 3.05) is 0 Å². The predicted octanol–water partition coefficient (Wildman–Crippen LogP) is 24.5. The van der Waals surface area contributed by atoms with Gasteiger partial charge in [-0.05, 0) is 352 Å². The predicted molar refractivity (Wildman–Crippen MR) is 456 cm³/mol. The molecule has 12 aromatic carbocycles. The molecule has 2 aliphatic heterocycles. The van der Waals surface area contributed by atoms with Gasteiger partial charge in [0.15, 0.2) is 0 Å². The normalized spacial score (nSPS) is 16.4. The minimum Gasteiger partial charge on any atom is -0.357 e. The van der Waals surface area contributed by atoms with E-state index >= 15 is 0 Å². The van der Waals surface area contributed by atoms with Crippen LogP contribution < -0.4 is 9.97 Å². The van der Waals surface area contributed by atoms with Gasteiger partial charge in [-0.15, -0.1) is 0 Å². The molecule has 0 N–H and O–H groups in total. The van der Waals surface area contributed by atoms with Crippen LogP contribution in [0.1, 0.15) is 89.0 Å². The molecule has 8 bridgehead atoms. The van der Waals surface area contributed by atoms with E-state index in [-0.39, 0.29) is 41.1 Å². The Morgan fingerprint density at radius 2 is 0.367 bits per heavy atom. The molecule has 0 fully saturated rings. The maximum absolute atomic E-state index is 5.80. The third-order valence-corrected chi connectivity index (χ3v) is 30.0. The molecule has 0 unspecified atom stereocenters. The van der Waals surface area contributed by atoms with Crippen molar-refractivity contribution in [1.29, 1.82) is 0 Å². The van der Waals surface area contributed by atoms with Crippen LogP contribution in [0.25, 0.3) is 134 Å². The van der Waals surface area contributed by atoms with Crippen LogP contribution in [0.5, 0.6) is 0 Å². The summed E-state index contributed by atoms with van der Waals surface area (Å²) in [4.78, 5) is 45.8. The van der Waals surface area contributed by atoms with Crippen LogP contribution in [-0.2, 0) is 92.5 Å². The van der Waals surface area contributed by atoms with Crippen molar-refractivity contribution in [3.05, 3.63) is 319 Å². The summed E-state index contributed by atoms with van der Waals surface area (Å²) in [5.74, 6) is 2.19. The second-order valence-corrected chi connectivity index (χ2v) is 38.7. The van der Waals surface area contributed by atoms with E-state index in [9.17, 15) is 0 Å². The zero-order valence-electron chi connectivity index (χ0n) is 57.4. The summed E-state index contributed by atoms with van der Waals surface area (Å²) in [6, 6.07) is 73.5. The number of hydrogen-bond acceptors (Lipinski definition) is 6. The maximum atomic E-state index is 5.80. The second-order valence-electron chi connectivity index (χ2n) is 31.4. The van der Waals surface area contributed by atoms with Gasteiger partial charge in [-0.25, -0.2) is 9.97 Å². The van der Waals surface area contributed by atoms with E-state index in [0.29, 0.717) is 45.9 Å². The average molecular weight is 1970 g/mol. The molecule has 0 amide bonds. The SMILES string of the molecule is Brc1ccc2c(c1)C1(Cc3cc4c(cc3C1)-c1nc-4nc3[n-]c(nc4nc(nc5[n-]c(n1)c1cc6c(cc51)CC1(C6)c5cc(Br)ccc5-c5ccc(Br)cc51)-c1cc5c(cc1-4)CC1(C5)c4cc(Br)ccc4-c4ccc(Br)cc41)c1cc4c(cc31)CC1(C4)c3cc(Br)ccc3-c3ccc(Br)cc31)c1cc(Br)ccc1-2.[Zn+2]. The van der Waals surface area contributed by atoms with Crippen LogP contribution in [-0.4, -0.2) is 29.9 Å². The van der Waals surface area contributed by atoms with Gasteiger partial charge in [0, 0.05) is 102 Å². The minimum absolute atomic E-state index is 0. The first-order valence-corrected chi connectivity index (χ1v) is 42.6. The first-order valence-electron chi connectivity index (χ1n) is 36.3. The molecule has 25 rings (SSSR count). The number of rotatable bonds is 0.